The van der Waals surface area contributed by atoms with Crippen molar-refractivity contribution in [1.82, 2.24) is 0 Å². The molecule has 0 aliphatic rings. The monoisotopic (exact) mass is 220 g/mol. The molecule has 0 bridgehead atoms. The molecule has 0 amide bonds. The molecule has 0 spiro atoms. The Bertz CT molecular complexity index is 131. The van der Waals surface area contributed by atoms with Crippen molar-refractivity contribution >= 4 is 41.0 Å². The van der Waals surface area contributed by atoms with Gasteiger partial charge in [-0.25, -0.2) is 4.79 Å². The van der Waals surface area contributed by atoms with Gasteiger partial charge in [-0.3, -0.25) is 0 Å². The Hall–Kier alpha value is 0.140. The first-order valence-corrected chi connectivity index (χ1v) is 4.01. The molecule has 6 heteroatoms. The molecule has 0 aromatic carbocycles. The molecule has 0 radical (unpaired) electrons. The van der Waals surface area contributed by atoms with Gasteiger partial charge in [0, 0.05) is 0 Å². The van der Waals surface area contributed by atoms with Crippen molar-refractivity contribution in [2.24, 2.45) is 0 Å². The number of hydrogen-bond acceptors (Lipinski definition) is 3. The van der Waals surface area contributed by atoms with Gasteiger partial charge < -0.3 is 9.47 Å². The summed E-state index contributed by atoms with van der Waals surface area (Å²) in [5.41, 5.74) is 0. The van der Waals surface area contributed by atoms with Crippen LogP contribution in [-0.4, -0.2) is 16.7 Å². The molecule has 0 aromatic heterocycles. The van der Waals surface area contributed by atoms with E-state index in [2.05, 4.69) is 9.47 Å². The molecule has 0 N–H and O–H groups in total. The first kappa shape index (κ1) is 11.1. The zero-order chi connectivity index (χ0) is 8.91. The molecule has 3 nitrogen and oxygen atoms in total. The van der Waals surface area contributed by atoms with E-state index in [4.69, 9.17) is 34.8 Å². The maximum Gasteiger partial charge on any atom is 0.511 e. The predicted octanol–water partition coefficient (Wildman–Crippen LogP) is 2.88. The van der Waals surface area contributed by atoms with Crippen molar-refractivity contribution in [3.05, 3.63) is 0 Å². The number of alkyl halides is 3. The van der Waals surface area contributed by atoms with Gasteiger partial charge in [-0.1, -0.05) is 6.92 Å². The summed E-state index contributed by atoms with van der Waals surface area (Å²) in [5.74, 6) is 0. The van der Waals surface area contributed by atoms with Gasteiger partial charge in [0.25, 0.3) is 0 Å². The number of ether oxygens (including phenoxy) is 2. The lowest BCUT2D eigenvalue weighted by molar-refractivity contribution is 0.0531. The highest BCUT2D eigenvalue weighted by Gasteiger charge is 2.25. The molecule has 0 rings (SSSR count). The van der Waals surface area contributed by atoms with Crippen molar-refractivity contribution in [3.63, 3.8) is 0 Å². The lowest BCUT2D eigenvalue weighted by atomic mass is 10.5. The van der Waals surface area contributed by atoms with E-state index >= 15 is 0 Å². The Morgan fingerprint density at radius 2 is 2.00 bits per heavy atom. The molecule has 0 saturated heterocycles. The molecular formula is C5H7Cl3O3. The van der Waals surface area contributed by atoms with Crippen LogP contribution in [0.25, 0.3) is 0 Å². The third kappa shape index (κ3) is 8.04. The van der Waals surface area contributed by atoms with Crippen LogP contribution in [-0.2, 0) is 9.47 Å². The van der Waals surface area contributed by atoms with E-state index in [1.807, 2.05) is 6.92 Å². The Morgan fingerprint density at radius 3 is 2.36 bits per heavy atom. The summed E-state index contributed by atoms with van der Waals surface area (Å²) in [6, 6.07) is 0. The van der Waals surface area contributed by atoms with Crippen LogP contribution in [0.5, 0.6) is 0 Å². The summed E-state index contributed by atoms with van der Waals surface area (Å²) >= 11 is 15.3. The van der Waals surface area contributed by atoms with Crippen LogP contribution in [0.1, 0.15) is 13.3 Å². The summed E-state index contributed by atoms with van der Waals surface area (Å²) in [7, 11) is 0. The minimum Gasteiger partial charge on any atom is -0.434 e. The van der Waals surface area contributed by atoms with Crippen molar-refractivity contribution in [2.75, 3.05) is 6.61 Å². The number of halogens is 3. The number of rotatable bonds is 2. The van der Waals surface area contributed by atoms with Gasteiger partial charge >= 0.3 is 10.1 Å². The van der Waals surface area contributed by atoms with Gasteiger partial charge in [0.05, 0.1) is 6.61 Å². The smallest absolute Gasteiger partial charge is 0.434 e. The van der Waals surface area contributed by atoms with Crippen LogP contribution in [0.15, 0.2) is 0 Å². The molecule has 0 aromatic rings. The second-order valence-corrected chi connectivity index (χ2v) is 3.82. The largest absolute Gasteiger partial charge is 0.511 e. The molecule has 0 atom stereocenters. The maximum absolute atomic E-state index is 10.5. The van der Waals surface area contributed by atoms with Crippen molar-refractivity contribution in [3.8, 4) is 0 Å². The van der Waals surface area contributed by atoms with Crippen molar-refractivity contribution in [1.29, 1.82) is 0 Å². The number of carbonyl (C=O) groups is 1. The average Bonchev–Trinajstić information content (AvgIpc) is 1.79. The number of carbonyl (C=O) groups excluding carboxylic acids is 1. The fourth-order valence-electron chi connectivity index (χ4n) is 0.309. The van der Waals surface area contributed by atoms with Crippen molar-refractivity contribution < 1.29 is 14.3 Å². The standard InChI is InChI=1S/C5H7Cl3O3/c1-2-3-10-4(9)11-5(6,7)8/h2-3H2,1H3. The molecular weight excluding hydrogens is 214 g/mol. The summed E-state index contributed by atoms with van der Waals surface area (Å²) in [4.78, 5) is 10.5. The first-order chi connectivity index (χ1) is 4.95. The quantitative estimate of drug-likeness (QED) is 0.531. The lowest BCUT2D eigenvalue weighted by Crippen LogP contribution is -2.17. The van der Waals surface area contributed by atoms with E-state index < -0.39 is 10.1 Å². The average molecular weight is 221 g/mol. The molecule has 0 unspecified atom stereocenters. The minimum absolute atomic E-state index is 0.250. The highest BCUT2D eigenvalue weighted by Crippen LogP contribution is 2.27. The van der Waals surface area contributed by atoms with Gasteiger partial charge in [0.15, 0.2) is 0 Å². The van der Waals surface area contributed by atoms with Gasteiger partial charge in [0.1, 0.15) is 0 Å². The third-order valence-corrected chi connectivity index (χ3v) is 0.855. The van der Waals surface area contributed by atoms with Crippen LogP contribution < -0.4 is 0 Å². The summed E-state index contributed by atoms with van der Waals surface area (Å²) < 4.78 is 6.59. The van der Waals surface area contributed by atoms with E-state index in [1.165, 1.54) is 0 Å². The summed E-state index contributed by atoms with van der Waals surface area (Å²) in [5, 5.41) is 0. The minimum atomic E-state index is -2.04. The molecule has 66 valence electrons. The maximum atomic E-state index is 10.5. The first-order valence-electron chi connectivity index (χ1n) is 2.88. The molecule has 0 fully saturated rings. The fraction of sp³-hybridized carbons (Fsp3) is 0.800. The molecule has 0 aliphatic heterocycles. The lowest BCUT2D eigenvalue weighted by Gasteiger charge is -2.10. The fourth-order valence-corrected chi connectivity index (χ4v) is 0.498. The van der Waals surface area contributed by atoms with Gasteiger partial charge in [-0.05, 0) is 41.2 Å². The Kier molecular flexibility index (Phi) is 4.97. The van der Waals surface area contributed by atoms with Crippen LogP contribution in [0, 0.1) is 0 Å². The Balaban J connectivity index is 3.53. The van der Waals surface area contributed by atoms with Crippen molar-refractivity contribution in [2.45, 2.75) is 17.3 Å². The zero-order valence-electron chi connectivity index (χ0n) is 5.77. The summed E-state index contributed by atoms with van der Waals surface area (Å²) in [6.45, 7) is 2.09. The SMILES string of the molecule is CCCOC(=O)OC(Cl)(Cl)Cl. The molecule has 0 heterocycles. The predicted molar refractivity (Wildman–Crippen MR) is 43.0 cm³/mol. The normalized spacial score (nSPS) is 10.9. The van der Waals surface area contributed by atoms with E-state index in [0.29, 0.717) is 6.42 Å². The highest BCUT2D eigenvalue weighted by molar-refractivity contribution is 6.66. The van der Waals surface area contributed by atoms with Crippen LogP contribution in [0.3, 0.4) is 0 Å². The summed E-state index contributed by atoms with van der Waals surface area (Å²) in [6.07, 6.45) is -0.290. The van der Waals surface area contributed by atoms with E-state index in [1.54, 1.807) is 0 Å². The number of hydrogen-bond donors (Lipinski definition) is 0. The van der Waals surface area contributed by atoms with E-state index in [-0.39, 0.29) is 6.61 Å². The second kappa shape index (κ2) is 4.91. The second-order valence-electron chi connectivity index (χ2n) is 1.65. The van der Waals surface area contributed by atoms with Crippen LogP contribution in [0.2, 0.25) is 0 Å². The zero-order valence-corrected chi connectivity index (χ0v) is 8.04. The van der Waals surface area contributed by atoms with Gasteiger partial charge in [-0.15, -0.1) is 0 Å². The van der Waals surface area contributed by atoms with Gasteiger partial charge in [0.2, 0.25) is 0 Å². The highest BCUT2D eigenvalue weighted by atomic mass is 35.6. The Labute approximate surface area is 79.5 Å². The van der Waals surface area contributed by atoms with E-state index in [9.17, 15) is 4.79 Å². The topological polar surface area (TPSA) is 35.5 Å². The molecule has 11 heavy (non-hydrogen) atoms. The Morgan fingerprint density at radius 1 is 1.45 bits per heavy atom. The van der Waals surface area contributed by atoms with Gasteiger partial charge in [-0.2, -0.15) is 0 Å². The molecule has 0 aliphatic carbocycles. The molecule has 0 saturated carbocycles. The third-order valence-electron chi connectivity index (χ3n) is 0.623. The van der Waals surface area contributed by atoms with E-state index in [0.717, 1.165) is 0 Å². The van der Waals surface area contributed by atoms with Crippen LogP contribution in [0.4, 0.5) is 4.79 Å². The van der Waals surface area contributed by atoms with Crippen LogP contribution >= 0.6 is 34.8 Å².